The Kier molecular flexibility index (Phi) is 4.56. The van der Waals surface area contributed by atoms with Crippen LogP contribution in [0.5, 0.6) is 5.75 Å². The highest BCUT2D eigenvalue weighted by Crippen LogP contribution is 2.28. The highest BCUT2D eigenvalue weighted by molar-refractivity contribution is 5.67. The fraction of sp³-hybridized carbons (Fsp3) is 0.111. The topological polar surface area (TPSA) is 59.1 Å². The molecule has 1 aromatic heterocycles. The Bertz CT molecular complexity index is 854. The van der Waals surface area contributed by atoms with E-state index >= 15 is 0 Å². The second-order valence-electron chi connectivity index (χ2n) is 5.22. The molecule has 0 amide bonds. The normalized spacial score (nSPS) is 10.3. The molecule has 0 aliphatic rings. The fourth-order valence-corrected chi connectivity index (χ4v) is 2.25. The monoisotopic (exact) mass is 324 g/mol. The minimum absolute atomic E-state index is 0.342. The van der Waals surface area contributed by atoms with Crippen molar-refractivity contribution in [1.29, 1.82) is 0 Å². The maximum absolute atomic E-state index is 13.7. The molecule has 6 heteroatoms. The van der Waals surface area contributed by atoms with E-state index in [2.05, 4.69) is 20.6 Å². The van der Waals surface area contributed by atoms with Gasteiger partial charge in [-0.3, -0.25) is 0 Å². The predicted octanol–water partition coefficient (Wildman–Crippen LogP) is 4.42. The van der Waals surface area contributed by atoms with Crippen LogP contribution < -0.4 is 15.4 Å². The molecule has 0 aliphatic heterocycles. The smallest absolute Gasteiger partial charge is 0.146 e. The van der Waals surface area contributed by atoms with E-state index in [1.54, 1.807) is 31.4 Å². The van der Waals surface area contributed by atoms with Gasteiger partial charge in [-0.1, -0.05) is 18.2 Å². The molecule has 0 radical (unpaired) electrons. The average molecular weight is 324 g/mol. The van der Waals surface area contributed by atoms with Crippen LogP contribution in [0.1, 0.15) is 5.56 Å². The van der Waals surface area contributed by atoms with Crippen molar-refractivity contribution < 1.29 is 9.13 Å². The minimum atomic E-state index is -0.342. The number of hydrogen-bond donors (Lipinski definition) is 2. The number of methoxy groups -OCH3 is 1. The molecule has 3 rings (SSSR count). The molecular weight excluding hydrogens is 307 g/mol. The third-order valence-electron chi connectivity index (χ3n) is 3.42. The van der Waals surface area contributed by atoms with Gasteiger partial charge in [0, 0.05) is 6.07 Å². The number of hydrogen-bond acceptors (Lipinski definition) is 5. The van der Waals surface area contributed by atoms with Crippen LogP contribution in [0.3, 0.4) is 0 Å². The van der Waals surface area contributed by atoms with Crippen LogP contribution in [-0.4, -0.2) is 17.1 Å². The van der Waals surface area contributed by atoms with Crippen LogP contribution >= 0.6 is 0 Å². The van der Waals surface area contributed by atoms with Gasteiger partial charge in [-0.25, -0.2) is 14.4 Å². The quantitative estimate of drug-likeness (QED) is 0.727. The molecule has 2 N–H and O–H groups in total. The van der Waals surface area contributed by atoms with Gasteiger partial charge < -0.3 is 15.4 Å². The Morgan fingerprint density at radius 3 is 2.33 bits per heavy atom. The van der Waals surface area contributed by atoms with Crippen LogP contribution in [0.2, 0.25) is 0 Å². The van der Waals surface area contributed by atoms with Crippen molar-refractivity contribution in [3.8, 4) is 5.75 Å². The van der Waals surface area contributed by atoms with Crippen LogP contribution in [-0.2, 0) is 0 Å². The number of halogens is 1. The first kappa shape index (κ1) is 15.7. The van der Waals surface area contributed by atoms with Crippen molar-refractivity contribution in [3.05, 3.63) is 66.2 Å². The lowest BCUT2D eigenvalue weighted by Gasteiger charge is -2.12. The molecule has 1 heterocycles. The Balaban J connectivity index is 1.84. The Morgan fingerprint density at radius 1 is 0.917 bits per heavy atom. The third kappa shape index (κ3) is 3.60. The molecule has 0 atom stereocenters. The van der Waals surface area contributed by atoms with Crippen molar-refractivity contribution in [2.24, 2.45) is 0 Å². The first-order chi connectivity index (χ1) is 11.7. The zero-order valence-electron chi connectivity index (χ0n) is 13.4. The fourth-order valence-electron chi connectivity index (χ4n) is 2.25. The lowest BCUT2D eigenvalue weighted by Crippen LogP contribution is -2.01. The largest absolute Gasteiger partial charge is 0.495 e. The summed E-state index contributed by atoms with van der Waals surface area (Å²) in [6.07, 6.45) is 1.41. The van der Waals surface area contributed by atoms with Crippen molar-refractivity contribution in [2.45, 2.75) is 6.92 Å². The average Bonchev–Trinajstić information content (AvgIpc) is 2.58. The summed E-state index contributed by atoms with van der Waals surface area (Å²) >= 11 is 0. The number of nitrogens with zero attached hydrogens (tertiary/aromatic N) is 2. The van der Waals surface area contributed by atoms with E-state index in [0.717, 1.165) is 11.3 Å². The summed E-state index contributed by atoms with van der Waals surface area (Å²) < 4.78 is 19.1. The lowest BCUT2D eigenvalue weighted by molar-refractivity contribution is 0.416. The third-order valence-corrected chi connectivity index (χ3v) is 3.42. The standard InChI is InChI=1S/C18H17FN4O/c1-12-7-8-16(24-2)15(9-12)23-18-10-17(20-11-21-18)22-14-6-4-3-5-13(14)19/h3-11H,1-2H3,(H2,20,21,22,23). The number of benzene rings is 2. The first-order valence-electron chi connectivity index (χ1n) is 7.41. The molecule has 0 spiro atoms. The van der Waals surface area contributed by atoms with Gasteiger partial charge in [-0.05, 0) is 36.8 Å². The first-order valence-corrected chi connectivity index (χ1v) is 7.41. The molecule has 0 saturated carbocycles. The van der Waals surface area contributed by atoms with E-state index in [1.165, 1.54) is 12.4 Å². The van der Waals surface area contributed by atoms with E-state index in [0.29, 0.717) is 23.1 Å². The molecule has 0 aliphatic carbocycles. The zero-order chi connectivity index (χ0) is 16.9. The molecule has 0 bridgehead atoms. The van der Waals surface area contributed by atoms with Gasteiger partial charge in [0.05, 0.1) is 18.5 Å². The van der Waals surface area contributed by atoms with Crippen molar-refractivity contribution >= 4 is 23.0 Å². The van der Waals surface area contributed by atoms with E-state index in [9.17, 15) is 4.39 Å². The van der Waals surface area contributed by atoms with Crippen LogP contribution in [0.4, 0.5) is 27.4 Å². The maximum atomic E-state index is 13.7. The minimum Gasteiger partial charge on any atom is -0.495 e. The van der Waals surface area contributed by atoms with Crippen LogP contribution in [0.15, 0.2) is 54.9 Å². The molecule has 3 aromatic rings. The van der Waals surface area contributed by atoms with Gasteiger partial charge in [0.15, 0.2) is 0 Å². The van der Waals surface area contributed by atoms with Gasteiger partial charge >= 0.3 is 0 Å². The predicted molar refractivity (Wildman–Crippen MR) is 92.7 cm³/mol. The van der Waals surface area contributed by atoms with E-state index in [1.807, 2.05) is 25.1 Å². The van der Waals surface area contributed by atoms with Gasteiger partial charge in [0.25, 0.3) is 0 Å². The molecule has 122 valence electrons. The maximum Gasteiger partial charge on any atom is 0.146 e. The van der Waals surface area contributed by atoms with E-state index in [4.69, 9.17) is 4.74 Å². The molecule has 0 saturated heterocycles. The summed E-state index contributed by atoms with van der Waals surface area (Å²) in [7, 11) is 1.61. The molecule has 0 unspecified atom stereocenters. The zero-order valence-corrected chi connectivity index (χ0v) is 13.4. The number of para-hydroxylation sites is 1. The van der Waals surface area contributed by atoms with Crippen molar-refractivity contribution in [1.82, 2.24) is 9.97 Å². The highest BCUT2D eigenvalue weighted by Gasteiger charge is 2.07. The van der Waals surface area contributed by atoms with Crippen LogP contribution in [0.25, 0.3) is 0 Å². The SMILES string of the molecule is COc1ccc(C)cc1Nc1cc(Nc2ccccc2F)ncn1. The molecule has 0 fully saturated rings. The summed E-state index contributed by atoms with van der Waals surface area (Å²) in [4.78, 5) is 8.31. The number of aromatic nitrogens is 2. The summed E-state index contributed by atoms with van der Waals surface area (Å²) in [6, 6.07) is 13.9. The molecular formula is C18H17FN4O. The molecule has 5 nitrogen and oxygen atoms in total. The number of aryl methyl sites for hydroxylation is 1. The summed E-state index contributed by atoms with van der Waals surface area (Å²) in [5.41, 5.74) is 2.25. The number of anilines is 4. The Morgan fingerprint density at radius 2 is 1.62 bits per heavy atom. The molecule has 24 heavy (non-hydrogen) atoms. The lowest BCUT2D eigenvalue weighted by atomic mass is 10.2. The number of rotatable bonds is 5. The number of ether oxygens (including phenoxy) is 1. The second-order valence-corrected chi connectivity index (χ2v) is 5.22. The van der Waals surface area contributed by atoms with Gasteiger partial charge in [-0.15, -0.1) is 0 Å². The van der Waals surface area contributed by atoms with Crippen molar-refractivity contribution in [3.63, 3.8) is 0 Å². The van der Waals surface area contributed by atoms with E-state index < -0.39 is 0 Å². The Labute approximate surface area is 139 Å². The second kappa shape index (κ2) is 6.95. The van der Waals surface area contributed by atoms with E-state index in [-0.39, 0.29) is 5.82 Å². The van der Waals surface area contributed by atoms with Gasteiger partial charge in [0.2, 0.25) is 0 Å². The van der Waals surface area contributed by atoms with Gasteiger partial charge in [0.1, 0.15) is 29.5 Å². The van der Waals surface area contributed by atoms with Crippen LogP contribution in [0, 0.1) is 12.7 Å². The Hall–Kier alpha value is -3.15. The van der Waals surface area contributed by atoms with Crippen molar-refractivity contribution in [2.75, 3.05) is 17.7 Å². The molecule has 2 aromatic carbocycles. The summed E-state index contributed by atoms with van der Waals surface area (Å²) in [5.74, 6) is 1.44. The number of nitrogens with one attached hydrogen (secondary N) is 2. The van der Waals surface area contributed by atoms with Gasteiger partial charge in [-0.2, -0.15) is 0 Å². The summed E-state index contributed by atoms with van der Waals surface area (Å²) in [6.45, 7) is 2.00. The highest BCUT2D eigenvalue weighted by atomic mass is 19.1. The summed E-state index contributed by atoms with van der Waals surface area (Å²) in [5, 5.41) is 6.14.